The number of amides is 1. The summed E-state index contributed by atoms with van der Waals surface area (Å²) in [5.74, 6) is -0.543. The predicted octanol–water partition coefficient (Wildman–Crippen LogP) is 3.36. The fourth-order valence-electron chi connectivity index (χ4n) is 3.20. The summed E-state index contributed by atoms with van der Waals surface area (Å²) in [6.07, 6.45) is 3.44. The predicted molar refractivity (Wildman–Crippen MR) is 97.3 cm³/mol. The minimum absolute atomic E-state index is 0.0229. The zero-order valence-corrected chi connectivity index (χ0v) is 14.8. The van der Waals surface area contributed by atoms with Crippen molar-refractivity contribution >= 4 is 23.2 Å². The molecular formula is C19H22N2O3S. The summed E-state index contributed by atoms with van der Waals surface area (Å²) in [4.78, 5) is 27.6. The van der Waals surface area contributed by atoms with Crippen LogP contribution < -0.4 is 5.32 Å². The summed E-state index contributed by atoms with van der Waals surface area (Å²) in [6, 6.07) is 9.94. The lowest BCUT2D eigenvalue weighted by molar-refractivity contribution is -0.143. The van der Waals surface area contributed by atoms with Crippen LogP contribution in [-0.2, 0) is 16.0 Å². The van der Waals surface area contributed by atoms with Crippen molar-refractivity contribution in [3.05, 3.63) is 41.4 Å². The highest BCUT2D eigenvalue weighted by molar-refractivity contribution is 7.13. The molecule has 2 aromatic rings. The van der Waals surface area contributed by atoms with E-state index >= 15 is 0 Å². The van der Waals surface area contributed by atoms with Crippen LogP contribution >= 0.6 is 11.3 Å². The van der Waals surface area contributed by atoms with Crippen LogP contribution in [0, 0.1) is 11.8 Å². The van der Waals surface area contributed by atoms with Crippen molar-refractivity contribution in [3.63, 3.8) is 0 Å². The van der Waals surface area contributed by atoms with Crippen molar-refractivity contribution in [2.75, 3.05) is 6.54 Å². The average Bonchev–Trinajstić information content (AvgIpc) is 3.09. The van der Waals surface area contributed by atoms with Gasteiger partial charge < -0.3 is 10.4 Å². The Bertz CT molecular complexity index is 721. The number of aromatic nitrogens is 1. The number of carboxylic acids is 1. The van der Waals surface area contributed by atoms with Gasteiger partial charge in [0.05, 0.1) is 18.0 Å². The largest absolute Gasteiger partial charge is 0.481 e. The van der Waals surface area contributed by atoms with E-state index in [9.17, 15) is 9.59 Å². The molecule has 1 heterocycles. The van der Waals surface area contributed by atoms with Gasteiger partial charge in [0, 0.05) is 17.5 Å². The maximum Gasteiger partial charge on any atom is 0.306 e. The van der Waals surface area contributed by atoms with Crippen molar-refractivity contribution in [2.24, 2.45) is 11.8 Å². The first-order chi connectivity index (χ1) is 12.1. The van der Waals surface area contributed by atoms with Gasteiger partial charge in [0.1, 0.15) is 5.01 Å². The number of carboxylic acid groups (broad SMARTS) is 1. The molecule has 1 aliphatic rings. The van der Waals surface area contributed by atoms with Crippen LogP contribution in [0.4, 0.5) is 0 Å². The molecule has 6 heteroatoms. The minimum Gasteiger partial charge on any atom is -0.481 e. The Morgan fingerprint density at radius 3 is 2.56 bits per heavy atom. The molecule has 0 saturated heterocycles. The van der Waals surface area contributed by atoms with Crippen LogP contribution in [0.3, 0.4) is 0 Å². The number of rotatable bonds is 6. The first-order valence-corrected chi connectivity index (χ1v) is 9.49. The number of carbonyl (C=O) groups is 2. The summed E-state index contributed by atoms with van der Waals surface area (Å²) >= 11 is 1.55. The number of hydrogen-bond acceptors (Lipinski definition) is 4. The van der Waals surface area contributed by atoms with Crippen LogP contribution in [0.15, 0.2) is 35.7 Å². The van der Waals surface area contributed by atoms with E-state index in [1.54, 1.807) is 11.3 Å². The second kappa shape index (κ2) is 8.25. The summed E-state index contributed by atoms with van der Waals surface area (Å²) in [6.45, 7) is 0.626. The molecule has 1 saturated carbocycles. The van der Waals surface area contributed by atoms with E-state index < -0.39 is 5.97 Å². The van der Waals surface area contributed by atoms with E-state index in [1.165, 1.54) is 0 Å². The fourth-order valence-corrected chi connectivity index (χ4v) is 4.03. The number of nitrogens with one attached hydrogen (secondary N) is 1. The third-order valence-corrected chi connectivity index (χ3v) is 5.64. The number of nitrogens with zero attached hydrogens (tertiary/aromatic N) is 1. The smallest absolute Gasteiger partial charge is 0.306 e. The van der Waals surface area contributed by atoms with Gasteiger partial charge in [-0.05, 0) is 31.6 Å². The normalized spacial score (nSPS) is 20.2. The maximum atomic E-state index is 12.1. The molecule has 0 bridgehead atoms. The summed E-state index contributed by atoms with van der Waals surface area (Å²) < 4.78 is 0. The lowest BCUT2D eigenvalue weighted by atomic mass is 9.82. The van der Waals surface area contributed by atoms with E-state index in [-0.39, 0.29) is 18.2 Å². The van der Waals surface area contributed by atoms with Gasteiger partial charge in [0.15, 0.2) is 0 Å². The molecule has 132 valence electrons. The number of aliphatic carboxylic acids is 1. The molecule has 1 aliphatic carbocycles. The van der Waals surface area contributed by atoms with Crippen molar-refractivity contribution < 1.29 is 14.7 Å². The lowest BCUT2D eigenvalue weighted by Gasteiger charge is -2.26. The molecule has 0 aliphatic heterocycles. The first-order valence-electron chi connectivity index (χ1n) is 8.61. The Balaban J connectivity index is 1.44. The first kappa shape index (κ1) is 17.6. The van der Waals surface area contributed by atoms with Crippen molar-refractivity contribution in [1.82, 2.24) is 10.3 Å². The summed E-state index contributed by atoms with van der Waals surface area (Å²) in [5.41, 5.74) is 1.85. The average molecular weight is 358 g/mol. The van der Waals surface area contributed by atoms with Crippen molar-refractivity contribution in [1.29, 1.82) is 0 Å². The molecule has 0 spiro atoms. The number of benzene rings is 1. The number of hydrogen-bond donors (Lipinski definition) is 2. The van der Waals surface area contributed by atoms with Gasteiger partial charge in [0.2, 0.25) is 5.91 Å². The third-order valence-electron chi connectivity index (χ3n) is 4.70. The lowest BCUT2D eigenvalue weighted by Crippen LogP contribution is -2.33. The fraction of sp³-hybridized carbons (Fsp3) is 0.421. The third kappa shape index (κ3) is 4.89. The molecule has 1 aromatic heterocycles. The van der Waals surface area contributed by atoms with E-state index in [4.69, 9.17) is 5.11 Å². The highest BCUT2D eigenvalue weighted by Gasteiger charge is 2.26. The number of thiazole rings is 1. The van der Waals surface area contributed by atoms with Gasteiger partial charge in [-0.2, -0.15) is 0 Å². The zero-order chi connectivity index (χ0) is 17.6. The van der Waals surface area contributed by atoms with Gasteiger partial charge in [0.25, 0.3) is 0 Å². The Morgan fingerprint density at radius 1 is 1.16 bits per heavy atom. The minimum atomic E-state index is -0.694. The van der Waals surface area contributed by atoms with Gasteiger partial charge in [-0.25, -0.2) is 4.98 Å². The SMILES string of the molecule is O=C(Cc1csc(-c2ccccc2)n1)NCC1CCC(C(=O)O)CC1. The second-order valence-electron chi connectivity index (χ2n) is 6.55. The molecule has 0 unspecified atom stereocenters. The van der Waals surface area contributed by atoms with Gasteiger partial charge in [-0.15, -0.1) is 11.3 Å². The molecule has 25 heavy (non-hydrogen) atoms. The number of carbonyl (C=O) groups excluding carboxylic acids is 1. The van der Waals surface area contributed by atoms with Gasteiger partial charge >= 0.3 is 5.97 Å². The van der Waals surface area contributed by atoms with Crippen molar-refractivity contribution in [3.8, 4) is 10.6 Å². The van der Waals surface area contributed by atoms with Gasteiger partial charge in [-0.3, -0.25) is 9.59 Å². The molecular weight excluding hydrogens is 336 g/mol. The summed E-state index contributed by atoms with van der Waals surface area (Å²) in [5, 5.41) is 14.8. The monoisotopic (exact) mass is 358 g/mol. The zero-order valence-electron chi connectivity index (χ0n) is 14.0. The Labute approximate surface area is 151 Å². The van der Waals surface area contributed by atoms with E-state index in [0.29, 0.717) is 25.3 Å². The molecule has 3 rings (SSSR count). The second-order valence-corrected chi connectivity index (χ2v) is 7.40. The van der Waals surface area contributed by atoms with Crippen LogP contribution in [0.1, 0.15) is 31.4 Å². The Kier molecular flexibility index (Phi) is 5.81. The Hall–Kier alpha value is -2.21. The van der Waals surface area contributed by atoms with Crippen molar-refractivity contribution in [2.45, 2.75) is 32.1 Å². The van der Waals surface area contributed by atoms with Crippen LogP contribution in [-0.4, -0.2) is 28.5 Å². The molecule has 1 aromatic carbocycles. The van der Waals surface area contributed by atoms with E-state index in [0.717, 1.165) is 29.1 Å². The molecule has 0 atom stereocenters. The van der Waals surface area contributed by atoms with E-state index in [1.807, 2.05) is 35.7 Å². The maximum absolute atomic E-state index is 12.1. The standard InChI is InChI=1S/C19H22N2O3S/c22-17(20-11-13-6-8-15(9-7-13)19(23)24)10-16-12-25-18(21-16)14-4-2-1-3-5-14/h1-5,12-13,15H,6-11H2,(H,20,22)(H,23,24). The topological polar surface area (TPSA) is 79.3 Å². The highest BCUT2D eigenvalue weighted by Crippen LogP contribution is 2.28. The van der Waals surface area contributed by atoms with Crippen LogP contribution in [0.5, 0.6) is 0 Å². The molecule has 1 fully saturated rings. The Morgan fingerprint density at radius 2 is 1.88 bits per heavy atom. The molecule has 0 radical (unpaired) electrons. The molecule has 1 amide bonds. The quantitative estimate of drug-likeness (QED) is 0.830. The highest BCUT2D eigenvalue weighted by atomic mass is 32.1. The summed E-state index contributed by atoms with van der Waals surface area (Å²) in [7, 11) is 0. The van der Waals surface area contributed by atoms with Crippen LogP contribution in [0.2, 0.25) is 0 Å². The van der Waals surface area contributed by atoms with Crippen LogP contribution in [0.25, 0.3) is 10.6 Å². The van der Waals surface area contributed by atoms with E-state index in [2.05, 4.69) is 10.3 Å². The molecule has 2 N–H and O–H groups in total. The van der Waals surface area contributed by atoms with Gasteiger partial charge in [-0.1, -0.05) is 30.3 Å². The molecule has 5 nitrogen and oxygen atoms in total.